The molecule has 1 aliphatic rings. The van der Waals surface area contributed by atoms with Crippen LogP contribution in [0.5, 0.6) is 0 Å². The predicted octanol–water partition coefficient (Wildman–Crippen LogP) is 4.60. The molecule has 0 radical (unpaired) electrons. The SMILES string of the molecule is CC(NCC1(O)CCCC1)c1ccc(Cl)c(Cl)c1Cl. The Morgan fingerprint density at radius 3 is 2.47 bits per heavy atom. The standard InChI is InChI=1S/C14H18Cl3NO/c1-9(18-8-14(19)6-2-3-7-14)10-4-5-11(15)13(17)12(10)16/h4-5,9,18-19H,2-3,6-8H2,1H3. The minimum absolute atomic E-state index is 0.0203. The summed E-state index contributed by atoms with van der Waals surface area (Å²) in [6, 6.07) is 3.63. The average molecular weight is 323 g/mol. The van der Waals surface area contributed by atoms with Crippen LogP contribution in [0.25, 0.3) is 0 Å². The highest BCUT2D eigenvalue weighted by molar-refractivity contribution is 6.48. The van der Waals surface area contributed by atoms with Gasteiger partial charge in [-0.25, -0.2) is 0 Å². The van der Waals surface area contributed by atoms with Crippen LogP contribution < -0.4 is 5.32 Å². The van der Waals surface area contributed by atoms with Gasteiger partial charge in [0, 0.05) is 12.6 Å². The van der Waals surface area contributed by atoms with Crippen molar-refractivity contribution in [3.63, 3.8) is 0 Å². The quantitative estimate of drug-likeness (QED) is 0.794. The molecule has 0 aromatic heterocycles. The van der Waals surface area contributed by atoms with Gasteiger partial charge in [0.2, 0.25) is 0 Å². The van der Waals surface area contributed by atoms with E-state index < -0.39 is 5.60 Å². The first-order chi connectivity index (χ1) is 8.93. The van der Waals surface area contributed by atoms with E-state index in [2.05, 4.69) is 5.32 Å². The maximum atomic E-state index is 10.3. The second kappa shape index (κ2) is 6.19. The van der Waals surface area contributed by atoms with Crippen molar-refractivity contribution in [1.82, 2.24) is 5.32 Å². The average Bonchev–Trinajstić information content (AvgIpc) is 2.81. The molecule has 1 saturated carbocycles. The lowest BCUT2D eigenvalue weighted by atomic mass is 10.0. The van der Waals surface area contributed by atoms with E-state index in [1.165, 1.54) is 0 Å². The highest BCUT2D eigenvalue weighted by Gasteiger charge is 2.31. The molecular weight excluding hydrogens is 305 g/mol. The van der Waals surface area contributed by atoms with Gasteiger partial charge < -0.3 is 10.4 Å². The van der Waals surface area contributed by atoms with Gasteiger partial charge in [-0.05, 0) is 31.4 Å². The van der Waals surface area contributed by atoms with Crippen LogP contribution in [0, 0.1) is 0 Å². The molecule has 0 heterocycles. The molecule has 0 spiro atoms. The molecule has 1 aromatic rings. The first-order valence-electron chi connectivity index (χ1n) is 6.52. The minimum Gasteiger partial charge on any atom is -0.389 e. The number of aliphatic hydroxyl groups is 1. The third-order valence-corrected chi connectivity index (χ3v) is 5.11. The zero-order valence-corrected chi connectivity index (χ0v) is 13.1. The first-order valence-corrected chi connectivity index (χ1v) is 7.65. The van der Waals surface area contributed by atoms with Crippen molar-refractivity contribution in [2.45, 2.75) is 44.2 Å². The fourth-order valence-electron chi connectivity index (χ4n) is 2.54. The van der Waals surface area contributed by atoms with Crippen LogP contribution in [0.3, 0.4) is 0 Å². The van der Waals surface area contributed by atoms with E-state index in [0.717, 1.165) is 31.2 Å². The molecule has 106 valence electrons. The summed E-state index contributed by atoms with van der Waals surface area (Å²) in [5.74, 6) is 0. The summed E-state index contributed by atoms with van der Waals surface area (Å²) < 4.78 is 0. The molecule has 2 N–H and O–H groups in total. The lowest BCUT2D eigenvalue weighted by Crippen LogP contribution is -2.39. The fourth-order valence-corrected chi connectivity index (χ4v) is 3.24. The topological polar surface area (TPSA) is 32.3 Å². The molecule has 1 unspecified atom stereocenters. The Bertz CT molecular complexity index is 458. The molecule has 1 fully saturated rings. The van der Waals surface area contributed by atoms with Crippen LogP contribution in [0.15, 0.2) is 12.1 Å². The van der Waals surface area contributed by atoms with Gasteiger partial charge in [0.15, 0.2) is 0 Å². The van der Waals surface area contributed by atoms with Crippen LogP contribution in [-0.4, -0.2) is 17.3 Å². The van der Waals surface area contributed by atoms with Crippen LogP contribution >= 0.6 is 34.8 Å². The van der Waals surface area contributed by atoms with E-state index in [9.17, 15) is 5.11 Å². The number of rotatable bonds is 4. The second-order valence-electron chi connectivity index (χ2n) is 5.30. The van der Waals surface area contributed by atoms with Crippen LogP contribution in [0.4, 0.5) is 0 Å². The lowest BCUT2D eigenvalue weighted by molar-refractivity contribution is 0.0453. The van der Waals surface area contributed by atoms with Crippen molar-refractivity contribution in [3.05, 3.63) is 32.8 Å². The van der Waals surface area contributed by atoms with Gasteiger partial charge in [0.1, 0.15) is 0 Å². The monoisotopic (exact) mass is 321 g/mol. The fraction of sp³-hybridized carbons (Fsp3) is 0.571. The first kappa shape index (κ1) is 15.4. The van der Waals surface area contributed by atoms with Crippen molar-refractivity contribution >= 4 is 34.8 Å². The molecule has 0 aliphatic heterocycles. The van der Waals surface area contributed by atoms with Crippen molar-refractivity contribution in [3.8, 4) is 0 Å². The largest absolute Gasteiger partial charge is 0.389 e. The summed E-state index contributed by atoms with van der Waals surface area (Å²) in [6.45, 7) is 2.58. The molecule has 5 heteroatoms. The van der Waals surface area contributed by atoms with Crippen LogP contribution in [-0.2, 0) is 0 Å². The maximum absolute atomic E-state index is 10.3. The molecule has 19 heavy (non-hydrogen) atoms. The molecule has 0 saturated heterocycles. The molecule has 1 aromatic carbocycles. The summed E-state index contributed by atoms with van der Waals surface area (Å²) >= 11 is 18.2. The molecule has 1 aliphatic carbocycles. The Kier molecular flexibility index (Phi) is 5.02. The van der Waals surface area contributed by atoms with Gasteiger partial charge in [-0.15, -0.1) is 0 Å². The number of halogens is 3. The van der Waals surface area contributed by atoms with Gasteiger partial charge in [0.25, 0.3) is 0 Å². The summed E-state index contributed by atoms with van der Waals surface area (Å²) in [6.07, 6.45) is 3.92. The number of hydrogen-bond acceptors (Lipinski definition) is 2. The summed E-state index contributed by atoms with van der Waals surface area (Å²) in [7, 11) is 0. The Balaban J connectivity index is 2.04. The highest BCUT2D eigenvalue weighted by atomic mass is 35.5. The predicted molar refractivity (Wildman–Crippen MR) is 81.3 cm³/mol. The number of nitrogens with one attached hydrogen (secondary N) is 1. The molecule has 0 amide bonds. The van der Waals surface area contributed by atoms with E-state index >= 15 is 0 Å². The van der Waals surface area contributed by atoms with E-state index in [0.29, 0.717) is 21.6 Å². The van der Waals surface area contributed by atoms with Crippen molar-refractivity contribution in [2.75, 3.05) is 6.54 Å². The number of benzene rings is 1. The lowest BCUT2D eigenvalue weighted by Gasteiger charge is -2.26. The van der Waals surface area contributed by atoms with E-state index in [4.69, 9.17) is 34.8 Å². The molecule has 0 bridgehead atoms. The van der Waals surface area contributed by atoms with E-state index in [1.807, 2.05) is 13.0 Å². The third-order valence-electron chi connectivity index (χ3n) is 3.80. The normalized spacial score (nSPS) is 19.6. The van der Waals surface area contributed by atoms with Gasteiger partial charge in [0.05, 0.1) is 20.7 Å². The Morgan fingerprint density at radius 1 is 1.21 bits per heavy atom. The van der Waals surface area contributed by atoms with Crippen LogP contribution in [0.2, 0.25) is 15.1 Å². The van der Waals surface area contributed by atoms with E-state index in [-0.39, 0.29) is 6.04 Å². The van der Waals surface area contributed by atoms with Gasteiger partial charge in [-0.3, -0.25) is 0 Å². The second-order valence-corrected chi connectivity index (χ2v) is 6.46. The summed E-state index contributed by atoms with van der Waals surface area (Å²) in [5.41, 5.74) is 0.328. The zero-order chi connectivity index (χ0) is 14.0. The third kappa shape index (κ3) is 3.56. The van der Waals surface area contributed by atoms with Crippen molar-refractivity contribution in [1.29, 1.82) is 0 Å². The zero-order valence-electron chi connectivity index (χ0n) is 10.8. The van der Waals surface area contributed by atoms with Gasteiger partial charge in [-0.2, -0.15) is 0 Å². The Morgan fingerprint density at radius 2 is 1.84 bits per heavy atom. The molecule has 2 rings (SSSR count). The van der Waals surface area contributed by atoms with Crippen molar-refractivity contribution in [2.24, 2.45) is 0 Å². The summed E-state index contributed by atoms with van der Waals surface area (Å²) in [5, 5.41) is 15.0. The number of hydrogen-bond donors (Lipinski definition) is 2. The Hall–Kier alpha value is 0.01000. The van der Waals surface area contributed by atoms with E-state index in [1.54, 1.807) is 6.07 Å². The smallest absolute Gasteiger partial charge is 0.0781 e. The molecule has 2 nitrogen and oxygen atoms in total. The molecule has 1 atom stereocenters. The Labute approximate surface area is 129 Å². The molecular formula is C14H18Cl3NO. The van der Waals surface area contributed by atoms with Gasteiger partial charge >= 0.3 is 0 Å². The van der Waals surface area contributed by atoms with Gasteiger partial charge in [-0.1, -0.05) is 53.7 Å². The maximum Gasteiger partial charge on any atom is 0.0781 e. The minimum atomic E-state index is -0.572. The van der Waals surface area contributed by atoms with Crippen molar-refractivity contribution < 1.29 is 5.11 Å². The van der Waals surface area contributed by atoms with Crippen LogP contribution in [0.1, 0.15) is 44.2 Å². The summed E-state index contributed by atoms with van der Waals surface area (Å²) in [4.78, 5) is 0. The highest BCUT2D eigenvalue weighted by Crippen LogP contribution is 2.36.